The predicted octanol–water partition coefficient (Wildman–Crippen LogP) is 2.32. The van der Waals surface area contributed by atoms with Crippen LogP contribution in [-0.4, -0.2) is 48.0 Å². The first kappa shape index (κ1) is 16.3. The number of piperidine rings is 1. The van der Waals surface area contributed by atoms with E-state index in [-0.39, 0.29) is 17.8 Å². The number of hydrogen-bond acceptors (Lipinski definition) is 4. The Balaban J connectivity index is 2.32. The van der Waals surface area contributed by atoms with Gasteiger partial charge in [0.15, 0.2) is 0 Å². The number of ether oxygens (including phenoxy) is 1. The first-order chi connectivity index (χ1) is 9.19. The lowest BCUT2D eigenvalue weighted by Gasteiger charge is -2.31. The fourth-order valence-electron chi connectivity index (χ4n) is 2.15. The average molecular weight is 287 g/mol. The molecular weight excluding hydrogens is 262 g/mol. The summed E-state index contributed by atoms with van der Waals surface area (Å²) >= 11 is 1.69. The second kappa shape index (κ2) is 9.23. The number of amides is 1. The van der Waals surface area contributed by atoms with E-state index in [1.54, 1.807) is 11.8 Å². The van der Waals surface area contributed by atoms with Crippen molar-refractivity contribution in [2.45, 2.75) is 39.5 Å². The number of carbonyl (C=O) groups excluding carboxylic acids is 2. The smallest absolute Gasteiger partial charge is 0.310 e. The van der Waals surface area contributed by atoms with Crippen molar-refractivity contribution < 1.29 is 14.3 Å². The van der Waals surface area contributed by atoms with Crippen molar-refractivity contribution >= 4 is 23.6 Å². The van der Waals surface area contributed by atoms with Gasteiger partial charge >= 0.3 is 5.97 Å². The van der Waals surface area contributed by atoms with Crippen molar-refractivity contribution in [3.05, 3.63) is 0 Å². The van der Waals surface area contributed by atoms with Crippen LogP contribution in [0.2, 0.25) is 0 Å². The van der Waals surface area contributed by atoms with Crippen molar-refractivity contribution in [1.82, 2.24) is 4.90 Å². The zero-order valence-corrected chi connectivity index (χ0v) is 12.8. The molecule has 0 radical (unpaired) electrons. The van der Waals surface area contributed by atoms with Crippen molar-refractivity contribution in [1.29, 1.82) is 0 Å². The van der Waals surface area contributed by atoms with Crippen LogP contribution in [0.5, 0.6) is 0 Å². The molecule has 0 N–H and O–H groups in total. The normalized spacial score (nSPS) is 19.3. The molecule has 0 saturated carbocycles. The molecule has 19 heavy (non-hydrogen) atoms. The summed E-state index contributed by atoms with van der Waals surface area (Å²) in [5.41, 5.74) is 0. The third-order valence-corrected chi connectivity index (χ3v) is 4.29. The van der Waals surface area contributed by atoms with Gasteiger partial charge in [-0.15, -0.1) is 0 Å². The van der Waals surface area contributed by atoms with Crippen molar-refractivity contribution in [2.75, 3.05) is 31.2 Å². The topological polar surface area (TPSA) is 46.6 Å². The zero-order chi connectivity index (χ0) is 14.1. The molecule has 1 aliphatic rings. The monoisotopic (exact) mass is 287 g/mol. The quantitative estimate of drug-likeness (QED) is 0.532. The molecule has 110 valence electrons. The van der Waals surface area contributed by atoms with Crippen LogP contribution in [0.25, 0.3) is 0 Å². The van der Waals surface area contributed by atoms with Gasteiger partial charge in [0.2, 0.25) is 5.91 Å². The predicted molar refractivity (Wildman–Crippen MR) is 78.2 cm³/mol. The highest BCUT2D eigenvalue weighted by Gasteiger charge is 2.28. The van der Waals surface area contributed by atoms with Gasteiger partial charge in [0, 0.05) is 13.1 Å². The zero-order valence-electron chi connectivity index (χ0n) is 12.0. The first-order valence-electron chi connectivity index (χ1n) is 7.21. The number of likely N-dealkylation sites (tertiary alicyclic amines) is 1. The molecule has 0 spiro atoms. The molecule has 1 atom stereocenters. The van der Waals surface area contributed by atoms with Gasteiger partial charge in [-0.1, -0.05) is 13.3 Å². The SMILES string of the molecule is CCCCSCC(=O)N1CCC[C@H](C(=O)OCC)C1. The molecule has 1 rings (SSSR count). The molecule has 0 aliphatic carbocycles. The van der Waals surface area contributed by atoms with Gasteiger partial charge < -0.3 is 9.64 Å². The highest BCUT2D eigenvalue weighted by atomic mass is 32.2. The van der Waals surface area contributed by atoms with Gasteiger partial charge in [0.25, 0.3) is 0 Å². The van der Waals surface area contributed by atoms with Crippen molar-refractivity contribution in [3.8, 4) is 0 Å². The minimum Gasteiger partial charge on any atom is -0.466 e. The van der Waals surface area contributed by atoms with Crippen LogP contribution in [0.1, 0.15) is 39.5 Å². The Bertz CT molecular complexity index is 296. The number of rotatable bonds is 7. The highest BCUT2D eigenvalue weighted by Crippen LogP contribution is 2.19. The maximum atomic E-state index is 12.0. The second-order valence-corrected chi connectivity index (χ2v) is 5.94. The molecule has 0 aromatic heterocycles. The largest absolute Gasteiger partial charge is 0.466 e. The lowest BCUT2D eigenvalue weighted by Crippen LogP contribution is -2.43. The molecule has 5 heteroatoms. The molecule has 0 aromatic rings. The third-order valence-electron chi connectivity index (χ3n) is 3.26. The summed E-state index contributed by atoms with van der Waals surface area (Å²) in [4.78, 5) is 25.6. The van der Waals surface area contributed by atoms with Crippen LogP contribution < -0.4 is 0 Å². The van der Waals surface area contributed by atoms with Gasteiger partial charge in [-0.2, -0.15) is 11.8 Å². The first-order valence-corrected chi connectivity index (χ1v) is 8.36. The average Bonchev–Trinajstić information content (AvgIpc) is 2.44. The van der Waals surface area contributed by atoms with Crippen molar-refractivity contribution in [3.63, 3.8) is 0 Å². The van der Waals surface area contributed by atoms with Gasteiger partial charge in [0.05, 0.1) is 18.3 Å². The summed E-state index contributed by atoms with van der Waals surface area (Å²) in [6.45, 7) is 5.69. The van der Waals surface area contributed by atoms with E-state index in [0.717, 1.165) is 38.0 Å². The summed E-state index contributed by atoms with van der Waals surface area (Å²) in [6, 6.07) is 0. The maximum absolute atomic E-state index is 12.0. The number of nitrogens with zero attached hydrogens (tertiary/aromatic N) is 1. The van der Waals surface area contributed by atoms with Crippen LogP contribution in [0, 0.1) is 5.92 Å². The van der Waals surface area contributed by atoms with Crippen LogP contribution in [0.4, 0.5) is 0 Å². The molecular formula is C14H25NO3S. The van der Waals surface area contributed by atoms with E-state index in [0.29, 0.717) is 18.9 Å². The number of carbonyl (C=O) groups is 2. The number of thioether (sulfide) groups is 1. The maximum Gasteiger partial charge on any atom is 0.310 e. The summed E-state index contributed by atoms with van der Waals surface area (Å²) in [5.74, 6) is 1.46. The van der Waals surface area contributed by atoms with E-state index in [9.17, 15) is 9.59 Å². The Morgan fingerprint density at radius 3 is 2.84 bits per heavy atom. The molecule has 0 bridgehead atoms. The second-order valence-electron chi connectivity index (χ2n) is 4.84. The van der Waals surface area contributed by atoms with Crippen LogP contribution >= 0.6 is 11.8 Å². The summed E-state index contributed by atoms with van der Waals surface area (Å²) in [7, 11) is 0. The minimum absolute atomic E-state index is 0.127. The van der Waals surface area contributed by atoms with E-state index >= 15 is 0 Å². The van der Waals surface area contributed by atoms with E-state index < -0.39 is 0 Å². The Hall–Kier alpha value is -0.710. The van der Waals surface area contributed by atoms with Crippen LogP contribution in [0.15, 0.2) is 0 Å². The van der Waals surface area contributed by atoms with E-state index in [1.165, 1.54) is 0 Å². The van der Waals surface area contributed by atoms with E-state index in [2.05, 4.69) is 6.92 Å². The third kappa shape index (κ3) is 5.85. The molecule has 0 unspecified atom stereocenters. The van der Waals surface area contributed by atoms with Gasteiger partial charge in [-0.3, -0.25) is 9.59 Å². The Morgan fingerprint density at radius 2 is 2.16 bits per heavy atom. The molecule has 4 nitrogen and oxygen atoms in total. The number of unbranched alkanes of at least 4 members (excludes halogenated alkanes) is 1. The van der Waals surface area contributed by atoms with E-state index in [4.69, 9.17) is 4.74 Å². The molecule has 1 saturated heterocycles. The molecule has 1 amide bonds. The van der Waals surface area contributed by atoms with Crippen molar-refractivity contribution in [2.24, 2.45) is 5.92 Å². The van der Waals surface area contributed by atoms with Gasteiger partial charge in [-0.05, 0) is 31.9 Å². The Morgan fingerprint density at radius 1 is 1.37 bits per heavy atom. The Labute approximate surface area is 120 Å². The highest BCUT2D eigenvalue weighted by molar-refractivity contribution is 7.99. The summed E-state index contributed by atoms with van der Waals surface area (Å²) in [6.07, 6.45) is 4.06. The number of esters is 1. The lowest BCUT2D eigenvalue weighted by molar-refractivity contribution is -0.151. The fourth-order valence-corrected chi connectivity index (χ4v) is 3.15. The molecule has 1 heterocycles. The van der Waals surface area contributed by atoms with Gasteiger partial charge in [-0.25, -0.2) is 0 Å². The summed E-state index contributed by atoms with van der Waals surface area (Å²) in [5, 5.41) is 0. The molecule has 1 aliphatic heterocycles. The minimum atomic E-state index is -0.154. The van der Waals surface area contributed by atoms with Crippen LogP contribution in [-0.2, 0) is 14.3 Å². The summed E-state index contributed by atoms with van der Waals surface area (Å²) < 4.78 is 5.04. The molecule has 0 aromatic carbocycles. The molecule has 1 fully saturated rings. The standard InChI is InChI=1S/C14H25NO3S/c1-3-5-9-19-11-13(16)15-8-6-7-12(10-15)14(17)18-4-2/h12H,3-11H2,1-2H3/t12-/m0/s1. The fraction of sp³-hybridized carbons (Fsp3) is 0.857. The van der Waals surface area contributed by atoms with Crippen LogP contribution in [0.3, 0.4) is 0 Å². The number of hydrogen-bond donors (Lipinski definition) is 0. The van der Waals surface area contributed by atoms with E-state index in [1.807, 2.05) is 11.8 Å². The Kier molecular flexibility index (Phi) is 7.94. The lowest BCUT2D eigenvalue weighted by atomic mass is 9.98. The van der Waals surface area contributed by atoms with Gasteiger partial charge in [0.1, 0.15) is 0 Å².